The quantitative estimate of drug-likeness (QED) is 0.0444. The highest BCUT2D eigenvalue weighted by molar-refractivity contribution is 5.95. The Morgan fingerprint density at radius 1 is 0.809 bits per heavy atom. The van der Waals surface area contributed by atoms with Crippen molar-refractivity contribution in [3.63, 3.8) is 0 Å². The second-order valence-corrected chi connectivity index (χ2v) is 11.4. The molecule has 15 N–H and O–H groups in total. The van der Waals surface area contributed by atoms with Gasteiger partial charge < -0.3 is 54.3 Å². The van der Waals surface area contributed by atoms with Crippen LogP contribution in [0.3, 0.4) is 0 Å². The third-order valence-electron chi connectivity index (χ3n) is 7.69. The molecule has 0 aliphatic carbocycles. The number of aromatic nitrogens is 1. The van der Waals surface area contributed by atoms with Gasteiger partial charge >= 0.3 is 0 Å². The van der Waals surface area contributed by atoms with Gasteiger partial charge in [0.2, 0.25) is 23.6 Å². The Morgan fingerprint density at radius 3 is 2.13 bits per heavy atom. The van der Waals surface area contributed by atoms with Gasteiger partial charge in [-0.25, -0.2) is 0 Å². The number of aromatic amines is 1. The van der Waals surface area contributed by atoms with Gasteiger partial charge in [-0.1, -0.05) is 30.3 Å². The largest absolute Gasteiger partial charge is 0.508 e. The van der Waals surface area contributed by atoms with Crippen molar-refractivity contribution in [1.29, 1.82) is 5.41 Å². The second-order valence-electron chi connectivity index (χ2n) is 11.4. The van der Waals surface area contributed by atoms with Crippen molar-refractivity contribution < 1.29 is 24.3 Å². The zero-order valence-electron chi connectivity index (χ0n) is 26.3. The number of carbonyl (C=O) groups excluding carboxylic acids is 4. The average Bonchev–Trinajstić information content (AvgIpc) is 3.44. The molecule has 1 aromatic heterocycles. The Hall–Kier alpha value is -5.15. The Labute approximate surface area is 273 Å². The molecule has 4 atom stereocenters. The van der Waals surface area contributed by atoms with E-state index in [0.717, 1.165) is 16.5 Å². The Balaban J connectivity index is 1.75. The fourth-order valence-electron chi connectivity index (χ4n) is 5.11. The number of nitrogens with one attached hydrogen (secondary N) is 6. The fourth-order valence-corrected chi connectivity index (χ4v) is 5.11. The van der Waals surface area contributed by atoms with Gasteiger partial charge in [-0.2, -0.15) is 0 Å². The number of fused-ring (bicyclic) bond motifs is 1. The molecule has 15 nitrogen and oxygen atoms in total. The van der Waals surface area contributed by atoms with Gasteiger partial charge in [0, 0.05) is 30.1 Å². The highest BCUT2D eigenvalue weighted by Crippen LogP contribution is 2.19. The SMILES string of the molecule is N=C(N)NCCC[C@H](NC(=O)[C@H](Cc1ccc(O)cc1)NC(=O)[C@@H](CCCCN)NC(=O)[C@@H](N)Cc1c[nH]c2ccccc12)C(N)=O. The van der Waals surface area contributed by atoms with E-state index in [4.69, 9.17) is 28.3 Å². The van der Waals surface area contributed by atoms with E-state index >= 15 is 0 Å². The van der Waals surface area contributed by atoms with Gasteiger partial charge in [-0.05, 0) is 74.4 Å². The molecule has 4 amide bonds. The van der Waals surface area contributed by atoms with Crippen molar-refractivity contribution >= 4 is 40.5 Å². The molecule has 2 aromatic carbocycles. The lowest BCUT2D eigenvalue weighted by Gasteiger charge is -2.26. The molecule has 0 unspecified atom stereocenters. The maximum Gasteiger partial charge on any atom is 0.243 e. The highest BCUT2D eigenvalue weighted by Gasteiger charge is 2.30. The monoisotopic (exact) mass is 650 g/mol. The first-order chi connectivity index (χ1) is 22.5. The summed E-state index contributed by atoms with van der Waals surface area (Å²) >= 11 is 0. The molecular weight excluding hydrogens is 604 g/mol. The molecule has 0 aliphatic heterocycles. The van der Waals surface area contributed by atoms with E-state index in [1.165, 1.54) is 12.1 Å². The standard InChI is InChI=1S/C32H46N10O5/c33-14-4-3-8-26(41-29(45)23(34)17-20-18-39-24-7-2-1-6-22(20)24)30(46)42-27(16-19-10-12-21(43)13-11-19)31(47)40-25(28(35)44)9-5-15-38-32(36)37/h1-2,6-7,10-13,18,23,25-27,39,43H,3-5,8-9,14-17,33-34H2,(H2,35,44)(H,40,47)(H,41,45)(H,42,46)(H4,36,37,38)/t23-,25-,26+,27-/m0/s1. The molecule has 1 heterocycles. The van der Waals surface area contributed by atoms with E-state index in [-0.39, 0.29) is 43.9 Å². The first kappa shape index (κ1) is 36.3. The van der Waals surface area contributed by atoms with Crippen molar-refractivity contribution in [2.24, 2.45) is 22.9 Å². The number of hydrogen-bond acceptors (Lipinski definition) is 8. The van der Waals surface area contributed by atoms with Crippen LogP contribution in [0.4, 0.5) is 0 Å². The molecule has 0 radical (unpaired) electrons. The van der Waals surface area contributed by atoms with E-state index in [2.05, 4.69) is 26.3 Å². The number of phenolic OH excluding ortho intramolecular Hbond substituents is 1. The molecule has 0 fully saturated rings. The van der Waals surface area contributed by atoms with Crippen LogP contribution in [-0.2, 0) is 32.0 Å². The summed E-state index contributed by atoms with van der Waals surface area (Å²) in [5.41, 5.74) is 25.2. The predicted molar refractivity (Wildman–Crippen MR) is 179 cm³/mol. The van der Waals surface area contributed by atoms with Crippen LogP contribution in [0, 0.1) is 5.41 Å². The number of guanidine groups is 1. The molecule has 0 bridgehead atoms. The van der Waals surface area contributed by atoms with Gasteiger partial charge in [0.05, 0.1) is 6.04 Å². The van der Waals surface area contributed by atoms with Crippen LogP contribution in [0.2, 0.25) is 0 Å². The first-order valence-corrected chi connectivity index (χ1v) is 15.5. The molecule has 47 heavy (non-hydrogen) atoms. The molecule has 0 saturated carbocycles. The van der Waals surface area contributed by atoms with Gasteiger partial charge in [0.25, 0.3) is 0 Å². The van der Waals surface area contributed by atoms with Crippen LogP contribution in [0.1, 0.15) is 43.2 Å². The number of phenols is 1. The van der Waals surface area contributed by atoms with Crippen LogP contribution < -0.4 is 44.2 Å². The smallest absolute Gasteiger partial charge is 0.243 e. The number of aromatic hydroxyl groups is 1. The number of unbranched alkanes of at least 4 members (excludes halogenated alkanes) is 1. The van der Waals surface area contributed by atoms with Gasteiger partial charge in [-0.15, -0.1) is 0 Å². The lowest BCUT2D eigenvalue weighted by atomic mass is 10.0. The number of rotatable bonds is 19. The summed E-state index contributed by atoms with van der Waals surface area (Å²) < 4.78 is 0. The van der Waals surface area contributed by atoms with Crippen LogP contribution in [0.25, 0.3) is 10.9 Å². The van der Waals surface area contributed by atoms with E-state index < -0.39 is 47.8 Å². The third kappa shape index (κ3) is 11.6. The van der Waals surface area contributed by atoms with Crippen LogP contribution in [-0.4, -0.2) is 76.9 Å². The summed E-state index contributed by atoms with van der Waals surface area (Å²) in [4.78, 5) is 55.8. The van der Waals surface area contributed by atoms with Gasteiger partial charge in [-0.3, -0.25) is 24.6 Å². The Morgan fingerprint density at radius 2 is 1.45 bits per heavy atom. The summed E-state index contributed by atoms with van der Waals surface area (Å²) in [5, 5.41) is 28.6. The summed E-state index contributed by atoms with van der Waals surface area (Å²) in [6.07, 6.45) is 3.96. The Bertz CT molecular complexity index is 1510. The van der Waals surface area contributed by atoms with E-state index in [1.54, 1.807) is 18.3 Å². The number of nitrogens with two attached hydrogens (primary N) is 4. The molecule has 0 saturated heterocycles. The number of carbonyl (C=O) groups is 4. The second kappa shape index (κ2) is 18.1. The minimum Gasteiger partial charge on any atom is -0.508 e. The zero-order valence-corrected chi connectivity index (χ0v) is 26.3. The van der Waals surface area contributed by atoms with Crippen LogP contribution >= 0.6 is 0 Å². The Kier molecular flexibility index (Phi) is 14.0. The highest BCUT2D eigenvalue weighted by atomic mass is 16.3. The molecule has 0 spiro atoms. The lowest BCUT2D eigenvalue weighted by molar-refractivity contribution is -0.133. The first-order valence-electron chi connectivity index (χ1n) is 15.5. The number of para-hydroxylation sites is 1. The maximum atomic E-state index is 13.7. The van der Waals surface area contributed by atoms with E-state index in [1.807, 2.05) is 24.3 Å². The summed E-state index contributed by atoms with van der Waals surface area (Å²) in [7, 11) is 0. The van der Waals surface area contributed by atoms with Crippen molar-refractivity contribution in [2.45, 2.75) is 69.1 Å². The summed E-state index contributed by atoms with van der Waals surface area (Å²) in [6.45, 7) is 0.681. The topological polar surface area (TPSA) is 280 Å². The molecule has 0 aliphatic rings. The molecule has 254 valence electrons. The van der Waals surface area contributed by atoms with Crippen molar-refractivity contribution in [1.82, 2.24) is 26.3 Å². The molecule has 15 heteroatoms. The van der Waals surface area contributed by atoms with E-state index in [0.29, 0.717) is 31.4 Å². The lowest BCUT2D eigenvalue weighted by Crippen LogP contribution is -2.58. The van der Waals surface area contributed by atoms with Crippen LogP contribution in [0.15, 0.2) is 54.7 Å². The summed E-state index contributed by atoms with van der Waals surface area (Å²) in [6, 6.07) is 9.54. The van der Waals surface area contributed by atoms with Crippen LogP contribution in [0.5, 0.6) is 5.75 Å². The zero-order chi connectivity index (χ0) is 34.3. The van der Waals surface area contributed by atoms with E-state index in [9.17, 15) is 24.3 Å². The number of benzene rings is 2. The third-order valence-corrected chi connectivity index (χ3v) is 7.69. The predicted octanol–water partition coefficient (Wildman–Crippen LogP) is -0.682. The number of amides is 4. The van der Waals surface area contributed by atoms with Crippen molar-refractivity contribution in [3.8, 4) is 5.75 Å². The number of primary amides is 1. The number of hydrogen-bond donors (Lipinski definition) is 11. The maximum absolute atomic E-state index is 13.7. The number of H-pyrrole nitrogens is 1. The normalized spacial score (nSPS) is 13.6. The molecule has 3 aromatic rings. The van der Waals surface area contributed by atoms with Crippen molar-refractivity contribution in [2.75, 3.05) is 13.1 Å². The molecule has 3 rings (SSSR count). The fraction of sp³-hybridized carbons (Fsp3) is 0.406. The summed E-state index contributed by atoms with van der Waals surface area (Å²) in [5.74, 6) is -2.79. The average molecular weight is 651 g/mol. The van der Waals surface area contributed by atoms with Gasteiger partial charge in [0.1, 0.15) is 23.9 Å². The van der Waals surface area contributed by atoms with Crippen molar-refractivity contribution in [3.05, 3.63) is 65.9 Å². The minimum atomic E-state index is -1.17. The molecular formula is C32H46N10O5. The minimum absolute atomic E-state index is 0.0127. The van der Waals surface area contributed by atoms with Gasteiger partial charge in [0.15, 0.2) is 5.96 Å².